The van der Waals surface area contributed by atoms with Crippen LogP contribution in [0.2, 0.25) is 0 Å². The molecule has 2 N–H and O–H groups in total. The van der Waals surface area contributed by atoms with Crippen molar-refractivity contribution in [3.05, 3.63) is 59.7 Å². The van der Waals surface area contributed by atoms with Crippen LogP contribution in [0, 0.1) is 0 Å². The van der Waals surface area contributed by atoms with Crippen molar-refractivity contribution in [1.29, 1.82) is 0 Å². The summed E-state index contributed by atoms with van der Waals surface area (Å²) >= 11 is 1.82. The summed E-state index contributed by atoms with van der Waals surface area (Å²) in [6.45, 7) is 2.18. The average molecular weight is 243 g/mol. The fraction of sp³-hybridized carbons (Fsp3) is 0.200. The lowest BCUT2D eigenvalue weighted by molar-refractivity contribution is 1.13. The predicted octanol–water partition coefficient (Wildman–Crippen LogP) is 4.12. The standard InChI is InChI=1S/C15H17NS/c1-2-12-6-8-13(9-7-12)11-17-15-5-3-4-14(16)10-15/h3-10H,2,11,16H2,1H3. The molecule has 0 aromatic heterocycles. The second-order valence-corrected chi connectivity index (χ2v) is 5.08. The first kappa shape index (κ1) is 12.1. The lowest BCUT2D eigenvalue weighted by Crippen LogP contribution is -1.85. The Kier molecular flexibility index (Phi) is 4.10. The number of thioether (sulfide) groups is 1. The van der Waals surface area contributed by atoms with Gasteiger partial charge in [0.25, 0.3) is 0 Å². The van der Waals surface area contributed by atoms with Crippen LogP contribution in [-0.2, 0) is 12.2 Å². The van der Waals surface area contributed by atoms with Gasteiger partial charge in [-0.1, -0.05) is 37.3 Å². The Balaban J connectivity index is 1.97. The van der Waals surface area contributed by atoms with Crippen LogP contribution in [0.3, 0.4) is 0 Å². The van der Waals surface area contributed by atoms with Crippen molar-refractivity contribution < 1.29 is 0 Å². The molecule has 88 valence electrons. The molecule has 2 aromatic carbocycles. The summed E-state index contributed by atoms with van der Waals surface area (Å²) < 4.78 is 0. The predicted molar refractivity (Wildman–Crippen MR) is 76.2 cm³/mol. The smallest absolute Gasteiger partial charge is 0.0325 e. The van der Waals surface area contributed by atoms with Crippen LogP contribution in [0.15, 0.2) is 53.4 Å². The van der Waals surface area contributed by atoms with Gasteiger partial charge in [-0.2, -0.15) is 0 Å². The van der Waals surface area contributed by atoms with Gasteiger partial charge in [-0.15, -0.1) is 11.8 Å². The number of hydrogen-bond acceptors (Lipinski definition) is 2. The van der Waals surface area contributed by atoms with Crippen LogP contribution in [0.5, 0.6) is 0 Å². The van der Waals surface area contributed by atoms with Crippen LogP contribution in [0.4, 0.5) is 5.69 Å². The highest BCUT2D eigenvalue weighted by Crippen LogP contribution is 2.24. The van der Waals surface area contributed by atoms with Crippen LogP contribution in [0.25, 0.3) is 0 Å². The van der Waals surface area contributed by atoms with Gasteiger partial charge in [0, 0.05) is 16.3 Å². The van der Waals surface area contributed by atoms with E-state index in [1.165, 1.54) is 16.0 Å². The Hall–Kier alpha value is -1.41. The van der Waals surface area contributed by atoms with E-state index >= 15 is 0 Å². The van der Waals surface area contributed by atoms with Gasteiger partial charge in [0.2, 0.25) is 0 Å². The van der Waals surface area contributed by atoms with E-state index in [0.29, 0.717) is 0 Å². The molecule has 0 aliphatic rings. The fourth-order valence-electron chi connectivity index (χ4n) is 1.64. The van der Waals surface area contributed by atoms with Crippen molar-refractivity contribution in [1.82, 2.24) is 0 Å². The summed E-state index contributed by atoms with van der Waals surface area (Å²) in [5.41, 5.74) is 9.33. The van der Waals surface area contributed by atoms with Crippen molar-refractivity contribution >= 4 is 17.4 Å². The van der Waals surface area contributed by atoms with Crippen LogP contribution in [-0.4, -0.2) is 0 Å². The number of rotatable bonds is 4. The zero-order chi connectivity index (χ0) is 12.1. The summed E-state index contributed by atoms with van der Waals surface area (Å²) in [4.78, 5) is 1.23. The minimum absolute atomic E-state index is 0.830. The molecule has 0 amide bonds. The van der Waals surface area contributed by atoms with Gasteiger partial charge in [-0.05, 0) is 35.7 Å². The topological polar surface area (TPSA) is 26.0 Å². The lowest BCUT2D eigenvalue weighted by Gasteiger charge is -2.04. The molecule has 0 heterocycles. The lowest BCUT2D eigenvalue weighted by atomic mass is 10.1. The molecular formula is C15H17NS. The number of benzene rings is 2. The molecule has 0 radical (unpaired) electrons. The van der Waals surface area contributed by atoms with Crippen molar-refractivity contribution in [2.45, 2.75) is 24.0 Å². The molecule has 0 unspecified atom stereocenters. The molecule has 0 fully saturated rings. The average Bonchev–Trinajstić information content (AvgIpc) is 2.37. The Morgan fingerprint density at radius 2 is 1.71 bits per heavy atom. The SMILES string of the molecule is CCc1ccc(CSc2cccc(N)c2)cc1. The molecule has 17 heavy (non-hydrogen) atoms. The monoisotopic (exact) mass is 243 g/mol. The van der Waals surface area contributed by atoms with Crippen molar-refractivity contribution in [2.75, 3.05) is 5.73 Å². The van der Waals surface area contributed by atoms with E-state index < -0.39 is 0 Å². The second kappa shape index (κ2) is 5.78. The van der Waals surface area contributed by atoms with Gasteiger partial charge in [0.15, 0.2) is 0 Å². The number of nitrogens with two attached hydrogens (primary N) is 1. The molecular weight excluding hydrogens is 226 g/mol. The van der Waals surface area contributed by atoms with Gasteiger partial charge in [-0.25, -0.2) is 0 Å². The molecule has 0 saturated heterocycles. The Morgan fingerprint density at radius 3 is 2.35 bits per heavy atom. The minimum atomic E-state index is 0.830. The summed E-state index contributed by atoms with van der Waals surface area (Å²) in [6, 6.07) is 16.9. The number of nitrogen functional groups attached to an aromatic ring is 1. The van der Waals surface area contributed by atoms with Crippen LogP contribution in [0.1, 0.15) is 18.1 Å². The van der Waals surface area contributed by atoms with E-state index in [2.05, 4.69) is 37.3 Å². The summed E-state index contributed by atoms with van der Waals surface area (Å²) in [6.07, 6.45) is 1.10. The van der Waals surface area contributed by atoms with Gasteiger partial charge < -0.3 is 5.73 Å². The van der Waals surface area contributed by atoms with Gasteiger partial charge in [0.05, 0.1) is 0 Å². The van der Waals surface area contributed by atoms with Gasteiger partial charge >= 0.3 is 0 Å². The quantitative estimate of drug-likeness (QED) is 0.645. The number of aryl methyl sites for hydroxylation is 1. The van der Waals surface area contributed by atoms with Crippen LogP contribution >= 0.6 is 11.8 Å². The maximum Gasteiger partial charge on any atom is 0.0325 e. The molecule has 0 spiro atoms. The normalized spacial score (nSPS) is 10.4. The first-order chi connectivity index (χ1) is 8.28. The molecule has 1 nitrogen and oxygen atoms in total. The third kappa shape index (κ3) is 3.53. The molecule has 2 heteroatoms. The number of hydrogen-bond donors (Lipinski definition) is 1. The van der Waals surface area contributed by atoms with E-state index in [1.807, 2.05) is 30.0 Å². The summed E-state index contributed by atoms with van der Waals surface area (Å²) in [7, 11) is 0. The van der Waals surface area contributed by atoms with E-state index in [0.717, 1.165) is 17.9 Å². The number of anilines is 1. The Morgan fingerprint density at radius 1 is 1.00 bits per heavy atom. The van der Waals surface area contributed by atoms with Crippen molar-refractivity contribution in [3.8, 4) is 0 Å². The molecule has 0 bridgehead atoms. The first-order valence-electron chi connectivity index (χ1n) is 5.84. The third-order valence-corrected chi connectivity index (χ3v) is 3.76. The summed E-state index contributed by atoms with van der Waals surface area (Å²) in [5, 5.41) is 0. The molecule has 2 rings (SSSR count). The maximum absolute atomic E-state index is 5.75. The molecule has 2 aromatic rings. The Bertz CT molecular complexity index is 477. The van der Waals surface area contributed by atoms with E-state index in [1.54, 1.807) is 0 Å². The summed E-state index contributed by atoms with van der Waals surface area (Å²) in [5.74, 6) is 0.993. The molecule has 0 saturated carbocycles. The maximum atomic E-state index is 5.75. The minimum Gasteiger partial charge on any atom is -0.399 e. The first-order valence-corrected chi connectivity index (χ1v) is 6.82. The second-order valence-electron chi connectivity index (χ2n) is 4.03. The highest BCUT2D eigenvalue weighted by Gasteiger charge is 1.97. The fourth-order valence-corrected chi connectivity index (χ4v) is 2.56. The van der Waals surface area contributed by atoms with Crippen LogP contribution < -0.4 is 5.73 Å². The highest BCUT2D eigenvalue weighted by molar-refractivity contribution is 7.98. The van der Waals surface area contributed by atoms with E-state index in [-0.39, 0.29) is 0 Å². The van der Waals surface area contributed by atoms with Crippen molar-refractivity contribution in [3.63, 3.8) is 0 Å². The van der Waals surface area contributed by atoms with Gasteiger partial charge in [0.1, 0.15) is 0 Å². The molecule has 0 atom stereocenters. The van der Waals surface area contributed by atoms with Crippen molar-refractivity contribution in [2.24, 2.45) is 0 Å². The Labute approximate surface area is 107 Å². The molecule has 0 aliphatic heterocycles. The van der Waals surface area contributed by atoms with E-state index in [9.17, 15) is 0 Å². The van der Waals surface area contributed by atoms with Gasteiger partial charge in [-0.3, -0.25) is 0 Å². The van der Waals surface area contributed by atoms with E-state index in [4.69, 9.17) is 5.73 Å². The third-order valence-electron chi connectivity index (χ3n) is 2.69. The largest absolute Gasteiger partial charge is 0.399 e. The zero-order valence-electron chi connectivity index (χ0n) is 10.0. The zero-order valence-corrected chi connectivity index (χ0v) is 10.8. The molecule has 0 aliphatic carbocycles. The highest BCUT2D eigenvalue weighted by atomic mass is 32.2.